The maximum absolute atomic E-state index is 13.1. The summed E-state index contributed by atoms with van der Waals surface area (Å²) in [5.41, 5.74) is 5.50. The van der Waals surface area contributed by atoms with Crippen LogP contribution in [0.4, 0.5) is 30.5 Å². The van der Waals surface area contributed by atoms with Crippen LogP contribution in [0.2, 0.25) is 0 Å². The number of hydrogen-bond acceptors (Lipinski definition) is 8. The Morgan fingerprint density at radius 2 is 1.87 bits per heavy atom. The van der Waals surface area contributed by atoms with E-state index in [-0.39, 0.29) is 11.4 Å². The number of fused-ring (bicyclic) bond motifs is 1. The molecule has 1 fully saturated rings. The number of anilines is 3. The molecule has 1 atom stereocenters. The molecular formula is C20H22F3N7O. The van der Waals surface area contributed by atoms with Crippen LogP contribution in [-0.2, 0) is 10.9 Å². The third kappa shape index (κ3) is 4.46. The second-order valence-corrected chi connectivity index (χ2v) is 7.40. The molecule has 0 bridgehead atoms. The van der Waals surface area contributed by atoms with Gasteiger partial charge in [-0.15, -0.1) is 5.10 Å². The molecule has 0 amide bonds. The van der Waals surface area contributed by atoms with Gasteiger partial charge in [0.05, 0.1) is 30.6 Å². The highest BCUT2D eigenvalue weighted by Crippen LogP contribution is 2.32. The average molecular weight is 433 g/mol. The lowest BCUT2D eigenvalue weighted by Gasteiger charge is -2.28. The van der Waals surface area contributed by atoms with E-state index in [2.05, 4.69) is 30.4 Å². The summed E-state index contributed by atoms with van der Waals surface area (Å²) in [5.74, 6) is 1.21. The summed E-state index contributed by atoms with van der Waals surface area (Å²) >= 11 is 0. The van der Waals surface area contributed by atoms with Crippen molar-refractivity contribution in [3.05, 3.63) is 41.5 Å². The highest BCUT2D eigenvalue weighted by molar-refractivity contribution is 5.94. The first-order valence-electron chi connectivity index (χ1n) is 9.79. The Balaban J connectivity index is 1.69. The van der Waals surface area contributed by atoms with Crippen LogP contribution in [0.5, 0.6) is 0 Å². The number of pyridine rings is 2. The monoisotopic (exact) mass is 433 g/mol. The fourth-order valence-electron chi connectivity index (χ4n) is 3.45. The van der Waals surface area contributed by atoms with Gasteiger partial charge in [-0.1, -0.05) is 0 Å². The molecule has 1 saturated heterocycles. The van der Waals surface area contributed by atoms with Gasteiger partial charge in [-0.2, -0.15) is 18.3 Å². The smallest absolute Gasteiger partial charge is 0.399 e. The van der Waals surface area contributed by atoms with Crippen molar-refractivity contribution in [1.82, 2.24) is 20.2 Å². The molecular weight excluding hydrogens is 411 g/mol. The molecule has 0 unspecified atom stereocenters. The van der Waals surface area contributed by atoms with Gasteiger partial charge in [-0.3, -0.25) is 0 Å². The van der Waals surface area contributed by atoms with Crippen LogP contribution >= 0.6 is 0 Å². The van der Waals surface area contributed by atoms with E-state index in [1.165, 1.54) is 6.07 Å². The minimum atomic E-state index is -4.58. The molecule has 3 N–H and O–H groups in total. The van der Waals surface area contributed by atoms with Crippen LogP contribution < -0.4 is 16.0 Å². The Morgan fingerprint density at radius 1 is 1.13 bits per heavy atom. The highest BCUT2D eigenvalue weighted by atomic mass is 19.4. The van der Waals surface area contributed by atoms with E-state index in [9.17, 15) is 13.2 Å². The Morgan fingerprint density at radius 3 is 2.58 bits per heavy atom. The van der Waals surface area contributed by atoms with Crippen molar-refractivity contribution in [3.63, 3.8) is 0 Å². The molecule has 4 rings (SSSR count). The summed E-state index contributed by atoms with van der Waals surface area (Å²) in [6.45, 7) is 6.22. The van der Waals surface area contributed by atoms with Gasteiger partial charge in [0.15, 0.2) is 5.82 Å². The van der Waals surface area contributed by atoms with Gasteiger partial charge in [0.2, 0.25) is 0 Å². The molecule has 0 aliphatic carbocycles. The van der Waals surface area contributed by atoms with Crippen molar-refractivity contribution in [2.45, 2.75) is 26.1 Å². The number of halogens is 3. The van der Waals surface area contributed by atoms with Crippen molar-refractivity contribution in [1.29, 1.82) is 0 Å². The number of rotatable bonds is 4. The normalized spacial score (nSPS) is 15.8. The molecule has 4 heterocycles. The first-order chi connectivity index (χ1) is 14.7. The summed E-state index contributed by atoms with van der Waals surface area (Å²) in [4.78, 5) is 10.4. The first-order valence-corrected chi connectivity index (χ1v) is 9.79. The van der Waals surface area contributed by atoms with Crippen molar-refractivity contribution >= 4 is 28.1 Å². The van der Waals surface area contributed by atoms with Crippen molar-refractivity contribution in [2.24, 2.45) is 0 Å². The van der Waals surface area contributed by atoms with Gasteiger partial charge in [0, 0.05) is 35.7 Å². The van der Waals surface area contributed by atoms with Crippen molar-refractivity contribution in [3.8, 4) is 0 Å². The molecule has 3 aromatic rings. The molecule has 0 spiro atoms. The summed E-state index contributed by atoms with van der Waals surface area (Å²) in [5, 5.41) is 13.1. The largest absolute Gasteiger partial charge is 0.433 e. The molecule has 8 nitrogen and oxygen atoms in total. The van der Waals surface area contributed by atoms with Gasteiger partial charge in [-0.05, 0) is 32.0 Å². The van der Waals surface area contributed by atoms with E-state index in [0.29, 0.717) is 24.7 Å². The number of nitrogens with zero attached hydrogens (tertiary/aromatic N) is 5. The standard InChI is InChI=1S/C20H22F3N7O/c1-11-15-10-25-18(30-3-5-31-6-4-30)9-14(15)19(29-28-11)26-12(2)16-7-13(24)8-17(27-16)20(21,22)23/h7-10,12H,3-6H2,1-2H3,(H2,24,27)(H,26,29)/t12-/m1/s1. The predicted molar refractivity (Wildman–Crippen MR) is 111 cm³/mol. The van der Waals surface area contributed by atoms with Gasteiger partial charge in [-0.25, -0.2) is 9.97 Å². The lowest BCUT2D eigenvalue weighted by molar-refractivity contribution is -0.141. The van der Waals surface area contributed by atoms with Gasteiger partial charge < -0.3 is 20.7 Å². The second kappa shape index (κ2) is 8.14. The number of aromatic nitrogens is 4. The van der Waals surface area contributed by atoms with E-state index >= 15 is 0 Å². The minimum absolute atomic E-state index is 0.00960. The Labute approximate surface area is 176 Å². The zero-order chi connectivity index (χ0) is 22.2. The fourth-order valence-corrected chi connectivity index (χ4v) is 3.45. The zero-order valence-corrected chi connectivity index (χ0v) is 17.1. The molecule has 31 heavy (non-hydrogen) atoms. The molecule has 0 saturated carbocycles. The van der Waals surface area contributed by atoms with Gasteiger partial charge in [0.25, 0.3) is 0 Å². The lowest BCUT2D eigenvalue weighted by atomic mass is 10.1. The average Bonchev–Trinajstić information content (AvgIpc) is 2.75. The summed E-state index contributed by atoms with van der Waals surface area (Å²) in [7, 11) is 0. The third-order valence-corrected chi connectivity index (χ3v) is 5.12. The molecule has 3 aromatic heterocycles. The quantitative estimate of drug-likeness (QED) is 0.646. The zero-order valence-electron chi connectivity index (χ0n) is 17.1. The number of nitrogen functional groups attached to an aromatic ring is 1. The molecule has 1 aliphatic heterocycles. The number of morpholine rings is 1. The van der Waals surface area contributed by atoms with Crippen molar-refractivity contribution in [2.75, 3.05) is 42.3 Å². The summed E-state index contributed by atoms with van der Waals surface area (Å²) < 4.78 is 44.8. The third-order valence-electron chi connectivity index (χ3n) is 5.12. The van der Waals surface area contributed by atoms with Crippen LogP contribution in [0.25, 0.3) is 10.8 Å². The van der Waals surface area contributed by atoms with Crippen LogP contribution in [0, 0.1) is 6.92 Å². The molecule has 164 valence electrons. The van der Waals surface area contributed by atoms with Gasteiger partial charge in [0.1, 0.15) is 11.5 Å². The Kier molecular flexibility index (Phi) is 5.52. The van der Waals surface area contributed by atoms with Crippen LogP contribution in [0.1, 0.15) is 30.0 Å². The number of alkyl halides is 3. The van der Waals surface area contributed by atoms with Crippen LogP contribution in [0.15, 0.2) is 24.4 Å². The molecule has 0 aromatic carbocycles. The highest BCUT2D eigenvalue weighted by Gasteiger charge is 2.33. The number of nitrogens with two attached hydrogens (primary N) is 1. The van der Waals surface area contributed by atoms with E-state index in [4.69, 9.17) is 10.5 Å². The predicted octanol–water partition coefficient (Wildman–Crippen LogP) is 3.34. The van der Waals surface area contributed by atoms with Crippen LogP contribution in [-0.4, -0.2) is 46.5 Å². The van der Waals surface area contributed by atoms with E-state index < -0.39 is 17.9 Å². The molecule has 0 radical (unpaired) electrons. The molecule has 11 heteroatoms. The molecule has 1 aliphatic rings. The number of ether oxygens (including phenoxy) is 1. The van der Waals surface area contributed by atoms with E-state index in [1.807, 2.05) is 13.0 Å². The number of aryl methyl sites for hydroxylation is 1. The topological polar surface area (TPSA) is 102 Å². The Hall–Kier alpha value is -3.21. The maximum atomic E-state index is 13.1. The lowest BCUT2D eigenvalue weighted by Crippen LogP contribution is -2.36. The second-order valence-electron chi connectivity index (χ2n) is 7.40. The summed E-state index contributed by atoms with van der Waals surface area (Å²) in [6.07, 6.45) is -2.85. The van der Waals surface area contributed by atoms with Crippen LogP contribution in [0.3, 0.4) is 0 Å². The summed E-state index contributed by atoms with van der Waals surface area (Å²) in [6, 6.07) is 3.55. The number of nitrogens with one attached hydrogen (secondary N) is 1. The maximum Gasteiger partial charge on any atom is 0.433 e. The first kappa shape index (κ1) is 21.0. The fraction of sp³-hybridized carbons (Fsp3) is 0.400. The van der Waals surface area contributed by atoms with Crippen molar-refractivity contribution < 1.29 is 17.9 Å². The Bertz CT molecular complexity index is 1100. The van der Waals surface area contributed by atoms with Gasteiger partial charge >= 0.3 is 6.18 Å². The minimum Gasteiger partial charge on any atom is -0.399 e. The SMILES string of the molecule is Cc1nnc(N[C@H](C)c2cc(N)cc(C(F)(F)F)n2)c2cc(N3CCOCC3)ncc12. The number of hydrogen-bond donors (Lipinski definition) is 2. The van der Waals surface area contributed by atoms with E-state index in [0.717, 1.165) is 35.7 Å². The van der Waals surface area contributed by atoms with E-state index in [1.54, 1.807) is 13.1 Å².